The summed E-state index contributed by atoms with van der Waals surface area (Å²) >= 11 is 5.88. The molecule has 1 saturated heterocycles. The van der Waals surface area contributed by atoms with Crippen LogP contribution in [0.1, 0.15) is 0 Å². The molecule has 1 aliphatic rings. The van der Waals surface area contributed by atoms with Crippen molar-refractivity contribution in [1.29, 1.82) is 0 Å². The number of urea groups is 2. The third kappa shape index (κ3) is 3.51. The van der Waals surface area contributed by atoms with Crippen LogP contribution in [0, 0.1) is 0 Å². The molecule has 8 heteroatoms. The van der Waals surface area contributed by atoms with Gasteiger partial charge in [0.2, 0.25) is 0 Å². The highest BCUT2D eigenvalue weighted by Crippen LogP contribution is 2.21. The summed E-state index contributed by atoms with van der Waals surface area (Å²) in [5.74, 6) is 0. The molecule has 3 N–H and O–H groups in total. The SMILES string of the molecule is O=C(Nc1ccc(N2CCNC2=O)cc1)Nc1cccnc1Cl. The number of rotatable bonds is 3. The molecule has 23 heavy (non-hydrogen) atoms. The van der Waals surface area contributed by atoms with Crippen LogP contribution in [-0.2, 0) is 0 Å². The van der Waals surface area contributed by atoms with Crippen molar-refractivity contribution in [3.05, 3.63) is 47.7 Å². The third-order valence-electron chi connectivity index (χ3n) is 3.30. The highest BCUT2D eigenvalue weighted by molar-refractivity contribution is 6.32. The van der Waals surface area contributed by atoms with Crippen LogP contribution in [0.15, 0.2) is 42.6 Å². The molecule has 3 rings (SSSR count). The molecule has 1 fully saturated rings. The molecule has 1 aromatic carbocycles. The first-order chi connectivity index (χ1) is 11.1. The van der Waals surface area contributed by atoms with E-state index in [4.69, 9.17) is 11.6 Å². The zero-order valence-electron chi connectivity index (χ0n) is 12.0. The van der Waals surface area contributed by atoms with Crippen molar-refractivity contribution in [3.8, 4) is 0 Å². The fourth-order valence-corrected chi connectivity index (χ4v) is 2.37. The van der Waals surface area contributed by atoms with Gasteiger partial charge in [-0.2, -0.15) is 0 Å². The van der Waals surface area contributed by atoms with Crippen LogP contribution >= 0.6 is 11.6 Å². The largest absolute Gasteiger partial charge is 0.336 e. The van der Waals surface area contributed by atoms with Gasteiger partial charge in [0.15, 0.2) is 5.15 Å². The standard InChI is InChI=1S/C15H14ClN5O2/c16-13-12(2-1-7-17-13)20-14(22)19-10-3-5-11(6-4-10)21-9-8-18-15(21)23/h1-7H,8-9H2,(H,18,23)(H2,19,20,22). The van der Waals surface area contributed by atoms with Gasteiger partial charge in [-0.15, -0.1) is 0 Å². The van der Waals surface area contributed by atoms with Gasteiger partial charge in [-0.3, -0.25) is 4.90 Å². The zero-order chi connectivity index (χ0) is 16.2. The lowest BCUT2D eigenvalue weighted by atomic mass is 10.2. The molecule has 118 valence electrons. The summed E-state index contributed by atoms with van der Waals surface area (Å²) in [5, 5.41) is 8.26. The van der Waals surface area contributed by atoms with Gasteiger partial charge >= 0.3 is 12.1 Å². The Morgan fingerprint density at radius 2 is 2.00 bits per heavy atom. The molecule has 0 spiro atoms. The maximum Gasteiger partial charge on any atom is 0.323 e. The van der Waals surface area contributed by atoms with Crippen LogP contribution in [0.5, 0.6) is 0 Å². The number of hydrogen-bond donors (Lipinski definition) is 3. The molecule has 0 bridgehead atoms. The summed E-state index contributed by atoms with van der Waals surface area (Å²) in [6.07, 6.45) is 1.54. The van der Waals surface area contributed by atoms with E-state index in [9.17, 15) is 9.59 Å². The molecule has 7 nitrogen and oxygen atoms in total. The number of carbonyl (C=O) groups excluding carboxylic acids is 2. The first kappa shape index (κ1) is 15.1. The number of anilines is 3. The minimum atomic E-state index is -0.424. The van der Waals surface area contributed by atoms with Crippen molar-refractivity contribution < 1.29 is 9.59 Å². The van der Waals surface area contributed by atoms with Crippen LogP contribution in [0.3, 0.4) is 0 Å². The van der Waals surface area contributed by atoms with E-state index >= 15 is 0 Å². The van der Waals surface area contributed by atoms with Crippen LogP contribution < -0.4 is 20.9 Å². The van der Waals surface area contributed by atoms with E-state index in [-0.39, 0.29) is 11.2 Å². The van der Waals surface area contributed by atoms with E-state index < -0.39 is 6.03 Å². The van der Waals surface area contributed by atoms with E-state index in [0.717, 1.165) is 5.69 Å². The molecule has 1 aliphatic heterocycles. The van der Waals surface area contributed by atoms with Crippen LogP contribution in [-0.4, -0.2) is 30.1 Å². The quantitative estimate of drug-likeness (QED) is 0.756. The second-order valence-electron chi connectivity index (χ2n) is 4.85. The molecule has 2 aromatic rings. The smallest absolute Gasteiger partial charge is 0.323 e. The summed E-state index contributed by atoms with van der Waals surface area (Å²) in [6, 6.07) is 9.80. The third-order valence-corrected chi connectivity index (χ3v) is 3.60. The number of hydrogen-bond acceptors (Lipinski definition) is 3. The van der Waals surface area contributed by atoms with E-state index in [1.165, 1.54) is 0 Å². The monoisotopic (exact) mass is 331 g/mol. The average molecular weight is 332 g/mol. The molecular weight excluding hydrogens is 318 g/mol. The molecule has 0 unspecified atom stereocenters. The fraction of sp³-hybridized carbons (Fsp3) is 0.133. The van der Waals surface area contributed by atoms with Gasteiger partial charge in [-0.05, 0) is 36.4 Å². The van der Waals surface area contributed by atoms with E-state index in [0.29, 0.717) is 24.5 Å². The Labute approximate surface area is 137 Å². The van der Waals surface area contributed by atoms with Crippen molar-refractivity contribution in [2.45, 2.75) is 0 Å². The predicted molar refractivity (Wildman–Crippen MR) is 89.1 cm³/mol. The number of halogens is 1. The van der Waals surface area contributed by atoms with Gasteiger partial charge < -0.3 is 16.0 Å². The van der Waals surface area contributed by atoms with E-state index in [2.05, 4.69) is 20.9 Å². The summed E-state index contributed by atoms with van der Waals surface area (Å²) in [5.41, 5.74) is 1.81. The van der Waals surface area contributed by atoms with Crippen molar-refractivity contribution in [2.24, 2.45) is 0 Å². The Morgan fingerprint density at radius 3 is 2.65 bits per heavy atom. The molecule has 0 aliphatic carbocycles. The number of benzene rings is 1. The summed E-state index contributed by atoms with van der Waals surface area (Å²) in [6.45, 7) is 1.26. The molecule has 4 amide bonds. The molecule has 0 radical (unpaired) electrons. The lowest BCUT2D eigenvalue weighted by Gasteiger charge is -2.15. The van der Waals surface area contributed by atoms with Gasteiger partial charge in [0.25, 0.3) is 0 Å². The Balaban J connectivity index is 1.63. The second-order valence-corrected chi connectivity index (χ2v) is 5.21. The minimum absolute atomic E-state index is 0.116. The van der Waals surface area contributed by atoms with Gasteiger partial charge in [0.1, 0.15) is 0 Å². The number of amides is 4. The Hall–Kier alpha value is -2.80. The van der Waals surface area contributed by atoms with Gasteiger partial charge in [0, 0.05) is 30.7 Å². The number of nitrogens with one attached hydrogen (secondary N) is 3. The maximum absolute atomic E-state index is 11.9. The van der Waals surface area contributed by atoms with Crippen LogP contribution in [0.2, 0.25) is 5.15 Å². The maximum atomic E-state index is 11.9. The van der Waals surface area contributed by atoms with Crippen molar-refractivity contribution in [3.63, 3.8) is 0 Å². The van der Waals surface area contributed by atoms with Gasteiger partial charge in [0.05, 0.1) is 5.69 Å². The van der Waals surface area contributed by atoms with E-state index in [1.807, 2.05) is 0 Å². The molecule has 0 atom stereocenters. The minimum Gasteiger partial charge on any atom is -0.336 e. The highest BCUT2D eigenvalue weighted by Gasteiger charge is 2.20. The summed E-state index contributed by atoms with van der Waals surface area (Å²) < 4.78 is 0. The molecule has 2 heterocycles. The predicted octanol–water partition coefficient (Wildman–Crippen LogP) is 2.91. The second kappa shape index (κ2) is 6.53. The average Bonchev–Trinajstić information content (AvgIpc) is 2.96. The zero-order valence-corrected chi connectivity index (χ0v) is 12.8. The Kier molecular flexibility index (Phi) is 4.29. The van der Waals surface area contributed by atoms with Crippen LogP contribution in [0.25, 0.3) is 0 Å². The van der Waals surface area contributed by atoms with Crippen molar-refractivity contribution in [2.75, 3.05) is 28.6 Å². The number of nitrogens with zero attached hydrogens (tertiary/aromatic N) is 2. The molecule has 1 aromatic heterocycles. The Bertz CT molecular complexity index is 735. The summed E-state index contributed by atoms with van der Waals surface area (Å²) in [7, 11) is 0. The number of pyridine rings is 1. The number of carbonyl (C=O) groups is 2. The Morgan fingerprint density at radius 1 is 1.22 bits per heavy atom. The number of aromatic nitrogens is 1. The fourth-order valence-electron chi connectivity index (χ4n) is 2.21. The lowest BCUT2D eigenvalue weighted by Crippen LogP contribution is -2.27. The lowest BCUT2D eigenvalue weighted by molar-refractivity contribution is 0.252. The normalized spacial score (nSPS) is 13.6. The first-order valence-corrected chi connectivity index (χ1v) is 7.35. The van der Waals surface area contributed by atoms with Gasteiger partial charge in [-0.25, -0.2) is 14.6 Å². The topological polar surface area (TPSA) is 86.4 Å². The highest BCUT2D eigenvalue weighted by atomic mass is 35.5. The van der Waals surface area contributed by atoms with Crippen LogP contribution in [0.4, 0.5) is 26.7 Å². The summed E-state index contributed by atoms with van der Waals surface area (Å²) in [4.78, 5) is 29.1. The van der Waals surface area contributed by atoms with Gasteiger partial charge in [-0.1, -0.05) is 11.6 Å². The van der Waals surface area contributed by atoms with Crippen molar-refractivity contribution >= 4 is 40.7 Å². The van der Waals surface area contributed by atoms with Crippen molar-refractivity contribution in [1.82, 2.24) is 10.3 Å². The molecule has 0 saturated carbocycles. The molecular formula is C15H14ClN5O2. The van der Waals surface area contributed by atoms with E-state index in [1.54, 1.807) is 47.5 Å². The first-order valence-electron chi connectivity index (χ1n) is 6.97.